The maximum atomic E-state index is 12.7. The normalized spacial score (nSPS) is 15.0. The van der Waals surface area contributed by atoms with Crippen molar-refractivity contribution in [2.24, 2.45) is 0 Å². The number of para-hydroxylation sites is 1. The molecule has 1 saturated heterocycles. The minimum absolute atomic E-state index is 0.0572. The summed E-state index contributed by atoms with van der Waals surface area (Å²) in [5, 5.41) is 0.369. The Hall–Kier alpha value is -2.84. The lowest BCUT2D eigenvalue weighted by atomic mass is 10.2. The average molecular weight is 400 g/mol. The standard InChI is InChI=1S/C20H20N2O5S/c1-14-5-7-15(8-6-14)28(24,25)27-18-4-2-3-16-17(23)13-19(21-20(16)18)22-9-11-26-12-10-22/h2-8,13H,9-12H2,1H3,(H,21,23). The SMILES string of the molecule is Cc1ccc(S(=O)(=O)Oc2cccc3c(=O)cc(N4CCOCC4)[nH]c23)cc1. The predicted molar refractivity (Wildman–Crippen MR) is 107 cm³/mol. The number of aryl methyl sites for hydroxylation is 1. The molecule has 1 fully saturated rings. The summed E-state index contributed by atoms with van der Waals surface area (Å²) in [5.41, 5.74) is 1.10. The van der Waals surface area contributed by atoms with Crippen molar-refractivity contribution in [3.63, 3.8) is 0 Å². The number of nitrogens with zero attached hydrogens (tertiary/aromatic N) is 1. The summed E-state index contributed by atoms with van der Waals surface area (Å²) in [6, 6.07) is 12.7. The molecule has 7 nitrogen and oxygen atoms in total. The summed E-state index contributed by atoms with van der Waals surface area (Å²) in [7, 11) is -4.03. The molecule has 1 aliphatic heterocycles. The van der Waals surface area contributed by atoms with Crippen molar-refractivity contribution in [2.75, 3.05) is 31.2 Å². The first-order chi connectivity index (χ1) is 13.4. The number of pyridine rings is 1. The number of aromatic amines is 1. The lowest BCUT2D eigenvalue weighted by Gasteiger charge is -2.28. The van der Waals surface area contributed by atoms with Crippen molar-refractivity contribution < 1.29 is 17.3 Å². The molecule has 8 heteroatoms. The molecule has 2 aromatic carbocycles. The van der Waals surface area contributed by atoms with Gasteiger partial charge in [0.1, 0.15) is 10.7 Å². The van der Waals surface area contributed by atoms with E-state index >= 15 is 0 Å². The molecule has 146 valence electrons. The molecule has 4 rings (SSSR count). The van der Waals surface area contributed by atoms with Crippen LogP contribution in [-0.2, 0) is 14.9 Å². The van der Waals surface area contributed by atoms with E-state index in [0.29, 0.717) is 43.0 Å². The molecule has 0 radical (unpaired) electrons. The van der Waals surface area contributed by atoms with Crippen molar-refractivity contribution >= 4 is 26.8 Å². The first-order valence-corrected chi connectivity index (χ1v) is 10.3. The predicted octanol–water partition coefficient (Wildman–Crippen LogP) is 2.44. The second kappa shape index (κ2) is 7.29. The first kappa shape index (κ1) is 18.5. The molecule has 0 saturated carbocycles. The zero-order valence-corrected chi connectivity index (χ0v) is 16.2. The van der Waals surface area contributed by atoms with E-state index in [1.807, 2.05) is 11.8 Å². The molecule has 0 bridgehead atoms. The van der Waals surface area contributed by atoms with Gasteiger partial charge in [0.25, 0.3) is 0 Å². The second-order valence-electron chi connectivity index (χ2n) is 6.65. The van der Waals surface area contributed by atoms with E-state index in [-0.39, 0.29) is 16.1 Å². The van der Waals surface area contributed by atoms with Crippen LogP contribution in [0, 0.1) is 6.92 Å². The fourth-order valence-corrected chi connectivity index (χ4v) is 4.09. The van der Waals surface area contributed by atoms with Crippen LogP contribution in [0.15, 0.2) is 58.2 Å². The van der Waals surface area contributed by atoms with E-state index in [9.17, 15) is 13.2 Å². The molecular weight excluding hydrogens is 380 g/mol. The van der Waals surface area contributed by atoms with Crippen LogP contribution < -0.4 is 14.5 Å². The fraction of sp³-hybridized carbons (Fsp3) is 0.250. The van der Waals surface area contributed by atoms with Gasteiger partial charge in [-0.25, -0.2) is 0 Å². The van der Waals surface area contributed by atoms with Gasteiger partial charge in [-0.2, -0.15) is 8.42 Å². The summed E-state index contributed by atoms with van der Waals surface area (Å²) in [4.78, 5) is 17.8. The smallest absolute Gasteiger partial charge is 0.339 e. The third kappa shape index (κ3) is 3.61. The van der Waals surface area contributed by atoms with E-state index in [1.165, 1.54) is 24.3 Å². The Balaban J connectivity index is 1.77. The van der Waals surface area contributed by atoms with E-state index in [4.69, 9.17) is 8.92 Å². The summed E-state index contributed by atoms with van der Waals surface area (Å²) >= 11 is 0. The molecule has 1 aromatic heterocycles. The van der Waals surface area contributed by atoms with Crippen molar-refractivity contribution in [1.29, 1.82) is 0 Å². The maximum Gasteiger partial charge on any atom is 0.339 e. The molecule has 1 N–H and O–H groups in total. The van der Waals surface area contributed by atoms with Gasteiger partial charge in [-0.1, -0.05) is 23.8 Å². The number of fused-ring (bicyclic) bond motifs is 1. The number of benzene rings is 2. The zero-order chi connectivity index (χ0) is 19.7. The van der Waals surface area contributed by atoms with E-state index < -0.39 is 10.1 Å². The van der Waals surface area contributed by atoms with E-state index in [0.717, 1.165) is 5.56 Å². The lowest BCUT2D eigenvalue weighted by Crippen LogP contribution is -2.37. The quantitative estimate of drug-likeness (QED) is 0.677. The average Bonchev–Trinajstić information content (AvgIpc) is 2.69. The van der Waals surface area contributed by atoms with Gasteiger partial charge in [0.05, 0.1) is 18.7 Å². The topological polar surface area (TPSA) is 88.7 Å². The number of anilines is 1. The Kier molecular flexibility index (Phi) is 4.82. The Morgan fingerprint density at radius 1 is 1.07 bits per heavy atom. The van der Waals surface area contributed by atoms with E-state index in [1.54, 1.807) is 24.3 Å². The summed E-state index contributed by atoms with van der Waals surface area (Å²) in [6.45, 7) is 4.30. The van der Waals surface area contributed by atoms with Crippen molar-refractivity contribution in [3.8, 4) is 5.75 Å². The number of hydrogen-bond acceptors (Lipinski definition) is 6. The van der Waals surface area contributed by atoms with Crippen molar-refractivity contribution in [2.45, 2.75) is 11.8 Å². The van der Waals surface area contributed by atoms with Gasteiger partial charge in [0.15, 0.2) is 11.2 Å². The van der Waals surface area contributed by atoms with Crippen molar-refractivity contribution in [1.82, 2.24) is 4.98 Å². The van der Waals surface area contributed by atoms with Gasteiger partial charge >= 0.3 is 10.1 Å². The largest absolute Gasteiger partial charge is 0.378 e. The van der Waals surface area contributed by atoms with Crippen LogP contribution in [0.25, 0.3) is 10.9 Å². The summed E-state index contributed by atoms with van der Waals surface area (Å²) in [5.74, 6) is 0.704. The third-order valence-corrected chi connectivity index (χ3v) is 5.92. The highest BCUT2D eigenvalue weighted by molar-refractivity contribution is 7.87. The monoisotopic (exact) mass is 400 g/mol. The maximum absolute atomic E-state index is 12.7. The van der Waals surface area contributed by atoms with Gasteiger partial charge in [-0.15, -0.1) is 0 Å². The fourth-order valence-electron chi connectivity index (χ4n) is 3.15. The molecule has 0 atom stereocenters. The Morgan fingerprint density at radius 3 is 2.50 bits per heavy atom. The number of morpholine rings is 1. The van der Waals surface area contributed by atoms with Crippen LogP contribution >= 0.6 is 0 Å². The molecule has 1 aliphatic rings. The Morgan fingerprint density at radius 2 is 1.79 bits per heavy atom. The molecule has 2 heterocycles. The second-order valence-corrected chi connectivity index (χ2v) is 8.19. The van der Waals surface area contributed by atoms with E-state index in [2.05, 4.69) is 4.98 Å². The van der Waals surface area contributed by atoms with Gasteiger partial charge in [-0.3, -0.25) is 4.79 Å². The summed E-state index contributed by atoms with van der Waals surface area (Å²) < 4.78 is 36.1. The highest BCUT2D eigenvalue weighted by Gasteiger charge is 2.20. The number of hydrogen-bond donors (Lipinski definition) is 1. The highest BCUT2D eigenvalue weighted by atomic mass is 32.2. The van der Waals surface area contributed by atoms with Gasteiger partial charge in [0, 0.05) is 24.5 Å². The third-order valence-electron chi connectivity index (χ3n) is 4.67. The molecule has 0 unspecified atom stereocenters. The molecule has 0 spiro atoms. The highest BCUT2D eigenvalue weighted by Crippen LogP contribution is 2.27. The van der Waals surface area contributed by atoms with Crippen LogP contribution in [0.3, 0.4) is 0 Å². The number of rotatable bonds is 4. The number of nitrogens with one attached hydrogen (secondary N) is 1. The van der Waals surface area contributed by atoms with Crippen LogP contribution in [0.5, 0.6) is 5.75 Å². The lowest BCUT2D eigenvalue weighted by molar-refractivity contribution is 0.122. The number of H-pyrrole nitrogens is 1. The van der Waals surface area contributed by atoms with Crippen LogP contribution in [0.4, 0.5) is 5.82 Å². The summed E-state index contributed by atoms with van der Waals surface area (Å²) in [6.07, 6.45) is 0. The van der Waals surface area contributed by atoms with Crippen LogP contribution in [-0.4, -0.2) is 39.7 Å². The molecule has 28 heavy (non-hydrogen) atoms. The number of ether oxygens (including phenoxy) is 1. The van der Waals surface area contributed by atoms with Crippen molar-refractivity contribution in [3.05, 3.63) is 64.3 Å². The Bertz CT molecular complexity index is 1160. The zero-order valence-electron chi connectivity index (χ0n) is 15.3. The first-order valence-electron chi connectivity index (χ1n) is 8.94. The van der Waals surface area contributed by atoms with Gasteiger partial charge in [-0.05, 0) is 31.2 Å². The van der Waals surface area contributed by atoms with Crippen LogP contribution in [0.1, 0.15) is 5.56 Å². The Labute approximate surface area is 162 Å². The minimum atomic E-state index is -4.03. The molecule has 0 amide bonds. The van der Waals surface area contributed by atoms with Gasteiger partial charge < -0.3 is 18.8 Å². The molecule has 3 aromatic rings. The molecular formula is C20H20N2O5S. The van der Waals surface area contributed by atoms with Gasteiger partial charge in [0.2, 0.25) is 0 Å². The van der Waals surface area contributed by atoms with Crippen LogP contribution in [0.2, 0.25) is 0 Å². The number of aromatic nitrogens is 1. The molecule has 0 aliphatic carbocycles. The minimum Gasteiger partial charge on any atom is -0.378 e.